The minimum atomic E-state index is 0.594. The number of benzene rings is 3. The van der Waals surface area contributed by atoms with E-state index in [2.05, 4.69) is 40.3 Å². The van der Waals surface area contributed by atoms with Crippen LogP contribution in [0.3, 0.4) is 0 Å². The summed E-state index contributed by atoms with van der Waals surface area (Å²) in [7, 11) is 0. The van der Waals surface area contributed by atoms with Crippen molar-refractivity contribution in [1.82, 2.24) is 29.1 Å². The third-order valence-corrected chi connectivity index (χ3v) is 7.11. The smallest absolute Gasteiger partial charge is 0.144 e. The molecule has 196 valence electrons. The zero-order chi connectivity index (χ0) is 27.6. The van der Waals surface area contributed by atoms with Gasteiger partial charge in [0.25, 0.3) is 0 Å². The maximum Gasteiger partial charge on any atom is 0.144 e. The van der Waals surface area contributed by atoms with Crippen LogP contribution in [-0.4, -0.2) is 29.1 Å². The number of rotatable bonds is 6. The molecule has 0 aliphatic heterocycles. The summed E-state index contributed by atoms with van der Waals surface area (Å²) < 4.78 is 4.02. The molecule has 0 atom stereocenters. The fraction of sp³-hybridized carbons (Fsp3) is 0. The van der Waals surface area contributed by atoms with Crippen LogP contribution in [0.25, 0.3) is 56.7 Å². The van der Waals surface area contributed by atoms with Crippen LogP contribution in [0.2, 0.25) is 5.02 Å². The number of nitrogens with zero attached hydrogens (tertiary/aromatic N) is 6. The largest absolute Gasteiger partial charge is 0.298 e. The first-order chi connectivity index (χ1) is 20.2. The average Bonchev–Trinajstić information content (AvgIpc) is 3.73. The van der Waals surface area contributed by atoms with Crippen LogP contribution in [0.5, 0.6) is 0 Å². The maximum atomic E-state index is 6.66. The molecule has 0 aliphatic carbocycles. The van der Waals surface area contributed by atoms with Crippen molar-refractivity contribution in [3.63, 3.8) is 0 Å². The van der Waals surface area contributed by atoms with Crippen molar-refractivity contribution in [1.29, 1.82) is 0 Å². The molecule has 4 aromatic heterocycles. The summed E-state index contributed by atoms with van der Waals surface area (Å²) in [4.78, 5) is 18.7. The van der Waals surface area contributed by atoms with Gasteiger partial charge in [0.1, 0.15) is 11.6 Å². The molecule has 7 aromatic rings. The van der Waals surface area contributed by atoms with Gasteiger partial charge < -0.3 is 0 Å². The fourth-order valence-corrected chi connectivity index (χ4v) is 5.15. The number of pyridine rings is 2. The molecule has 4 heterocycles. The summed E-state index contributed by atoms with van der Waals surface area (Å²) in [5.74, 6) is 1.52. The molecule has 6 nitrogen and oxygen atoms in total. The summed E-state index contributed by atoms with van der Waals surface area (Å²) in [6.45, 7) is 0. The first-order valence-electron chi connectivity index (χ1n) is 13.1. The molecule has 41 heavy (non-hydrogen) atoms. The summed E-state index contributed by atoms with van der Waals surface area (Å²) in [6, 6.07) is 34.3. The second-order valence-corrected chi connectivity index (χ2v) is 9.94. The van der Waals surface area contributed by atoms with E-state index >= 15 is 0 Å². The van der Waals surface area contributed by atoms with Gasteiger partial charge in [-0.25, -0.2) is 9.97 Å². The highest BCUT2D eigenvalue weighted by Crippen LogP contribution is 2.32. The first-order valence-corrected chi connectivity index (χ1v) is 13.5. The van der Waals surface area contributed by atoms with Crippen molar-refractivity contribution in [2.24, 2.45) is 0 Å². The Hall–Kier alpha value is -5.33. The first kappa shape index (κ1) is 24.7. The predicted molar refractivity (Wildman–Crippen MR) is 163 cm³/mol. The minimum absolute atomic E-state index is 0.594. The van der Waals surface area contributed by atoms with Crippen LogP contribution in [0.1, 0.15) is 0 Å². The topological polar surface area (TPSA) is 61.4 Å². The third-order valence-electron chi connectivity index (χ3n) is 6.89. The van der Waals surface area contributed by atoms with Crippen molar-refractivity contribution in [2.75, 3.05) is 0 Å². The van der Waals surface area contributed by atoms with Crippen LogP contribution in [-0.2, 0) is 0 Å². The van der Waals surface area contributed by atoms with Crippen molar-refractivity contribution in [3.05, 3.63) is 145 Å². The van der Waals surface area contributed by atoms with E-state index in [0.29, 0.717) is 5.02 Å². The second kappa shape index (κ2) is 10.7. The molecule has 7 heteroatoms. The van der Waals surface area contributed by atoms with Gasteiger partial charge in [-0.2, -0.15) is 0 Å². The van der Waals surface area contributed by atoms with Crippen molar-refractivity contribution < 1.29 is 0 Å². The Morgan fingerprint density at radius 3 is 1.34 bits per heavy atom. The molecule has 7 rings (SSSR count). The van der Waals surface area contributed by atoms with Gasteiger partial charge in [-0.15, -0.1) is 0 Å². The van der Waals surface area contributed by atoms with Gasteiger partial charge in [-0.3, -0.25) is 19.1 Å². The quantitative estimate of drug-likeness (QED) is 0.209. The van der Waals surface area contributed by atoms with E-state index in [1.54, 1.807) is 12.4 Å². The highest BCUT2D eigenvalue weighted by atomic mass is 35.5. The molecule has 0 saturated carbocycles. The van der Waals surface area contributed by atoms with E-state index in [-0.39, 0.29) is 0 Å². The van der Waals surface area contributed by atoms with Gasteiger partial charge in [-0.05, 0) is 42.5 Å². The van der Waals surface area contributed by atoms with E-state index < -0.39 is 0 Å². The average molecular weight is 551 g/mol. The highest BCUT2D eigenvalue weighted by molar-refractivity contribution is 6.31. The Bertz CT molecular complexity index is 1790. The number of hydrogen-bond acceptors (Lipinski definition) is 4. The monoisotopic (exact) mass is 550 g/mol. The van der Waals surface area contributed by atoms with Gasteiger partial charge in [0.2, 0.25) is 0 Å². The Kier molecular flexibility index (Phi) is 6.43. The standard InChI is InChI=1S/C34H23ClN6/c35-28-20-26(33-36-15-17-40(33)29-11-13-31(38-22-29)24-7-3-1-4-8-24)19-27(21-28)34-37-16-18-41(34)30-12-14-32(39-23-30)25-9-5-2-6-10-25/h1-23H. The Morgan fingerprint density at radius 1 is 0.463 bits per heavy atom. The summed E-state index contributed by atoms with van der Waals surface area (Å²) in [6.07, 6.45) is 11.1. The lowest BCUT2D eigenvalue weighted by Crippen LogP contribution is -2.00. The molecule has 0 radical (unpaired) electrons. The molecule has 0 fully saturated rings. The molecule has 0 saturated heterocycles. The summed E-state index contributed by atoms with van der Waals surface area (Å²) in [5, 5.41) is 0.594. The number of halogens is 1. The van der Waals surface area contributed by atoms with Crippen LogP contribution in [0.4, 0.5) is 0 Å². The number of hydrogen-bond donors (Lipinski definition) is 0. The van der Waals surface area contributed by atoms with E-state index in [1.807, 2.05) is 107 Å². The minimum Gasteiger partial charge on any atom is -0.298 e. The molecule has 0 aliphatic rings. The van der Waals surface area contributed by atoms with Gasteiger partial charge >= 0.3 is 0 Å². The zero-order valence-corrected chi connectivity index (χ0v) is 22.6. The van der Waals surface area contributed by atoms with E-state index in [4.69, 9.17) is 21.6 Å². The van der Waals surface area contributed by atoms with Gasteiger partial charge in [0.15, 0.2) is 0 Å². The molecule has 0 amide bonds. The maximum absolute atomic E-state index is 6.66. The van der Waals surface area contributed by atoms with Crippen LogP contribution in [0, 0.1) is 0 Å². The van der Waals surface area contributed by atoms with Crippen LogP contribution < -0.4 is 0 Å². The van der Waals surface area contributed by atoms with E-state index in [1.165, 1.54) is 0 Å². The van der Waals surface area contributed by atoms with Crippen LogP contribution in [0.15, 0.2) is 140 Å². The lowest BCUT2D eigenvalue weighted by Gasteiger charge is -2.12. The second-order valence-electron chi connectivity index (χ2n) is 9.51. The lowest BCUT2D eigenvalue weighted by atomic mass is 10.1. The molecule has 0 N–H and O–H groups in total. The molecule has 3 aromatic carbocycles. The van der Waals surface area contributed by atoms with Crippen molar-refractivity contribution >= 4 is 11.6 Å². The van der Waals surface area contributed by atoms with Crippen LogP contribution >= 0.6 is 11.6 Å². The molecule has 0 bridgehead atoms. The van der Waals surface area contributed by atoms with Gasteiger partial charge in [-0.1, -0.05) is 72.3 Å². The van der Waals surface area contributed by atoms with Gasteiger partial charge in [0, 0.05) is 52.1 Å². The SMILES string of the molecule is Clc1cc(-c2nccn2-c2ccc(-c3ccccc3)nc2)cc(-c2nccn2-c2ccc(-c3ccccc3)nc2)c1. The molecule has 0 unspecified atom stereocenters. The Balaban J connectivity index is 1.22. The number of aromatic nitrogens is 6. The molecule has 0 spiro atoms. The highest BCUT2D eigenvalue weighted by Gasteiger charge is 2.15. The predicted octanol–water partition coefficient (Wildman–Crippen LogP) is 8.17. The summed E-state index contributed by atoms with van der Waals surface area (Å²) in [5.41, 5.74) is 7.54. The number of imidazole rings is 2. The zero-order valence-electron chi connectivity index (χ0n) is 21.8. The third kappa shape index (κ3) is 4.93. The summed E-state index contributed by atoms with van der Waals surface area (Å²) >= 11 is 6.66. The van der Waals surface area contributed by atoms with E-state index in [9.17, 15) is 0 Å². The Morgan fingerprint density at radius 2 is 0.927 bits per heavy atom. The molecular formula is C34H23ClN6. The Labute approximate surface area is 242 Å². The normalized spacial score (nSPS) is 11.0. The van der Waals surface area contributed by atoms with Crippen molar-refractivity contribution in [3.8, 4) is 56.7 Å². The lowest BCUT2D eigenvalue weighted by molar-refractivity contribution is 1.04. The fourth-order valence-electron chi connectivity index (χ4n) is 4.92. The van der Waals surface area contributed by atoms with E-state index in [0.717, 1.165) is 56.7 Å². The van der Waals surface area contributed by atoms with Crippen molar-refractivity contribution in [2.45, 2.75) is 0 Å². The molecular weight excluding hydrogens is 528 g/mol. The van der Waals surface area contributed by atoms with Gasteiger partial charge in [0.05, 0.1) is 35.2 Å².